The van der Waals surface area contributed by atoms with Gasteiger partial charge < -0.3 is 20.7 Å². The molecule has 166 valence electrons. The number of halogens is 1. The number of amides is 1. The molecule has 3 N–H and O–H groups in total. The molecule has 0 saturated carbocycles. The van der Waals surface area contributed by atoms with Crippen LogP contribution in [0, 0.1) is 6.92 Å². The molecule has 0 radical (unpaired) electrons. The average molecular weight is 545 g/mol. The average Bonchev–Trinajstić information content (AvgIpc) is 3.03. The molecule has 0 aliphatic rings. The minimum absolute atomic E-state index is 0. The summed E-state index contributed by atoms with van der Waals surface area (Å²) < 4.78 is 5.22. The number of guanidine groups is 1. The van der Waals surface area contributed by atoms with Crippen molar-refractivity contribution in [1.29, 1.82) is 0 Å². The smallest absolute Gasteiger partial charge is 0.407 e. The fraction of sp³-hybridized carbons (Fsp3) is 0.476. The Morgan fingerprint density at radius 1 is 1.13 bits per heavy atom. The lowest BCUT2D eigenvalue weighted by Crippen LogP contribution is -2.42. The first-order valence-corrected chi connectivity index (χ1v) is 10.6. The van der Waals surface area contributed by atoms with Gasteiger partial charge >= 0.3 is 6.09 Å². The molecule has 1 aromatic heterocycles. The van der Waals surface area contributed by atoms with Crippen LogP contribution < -0.4 is 16.0 Å². The third kappa shape index (κ3) is 9.29. The van der Waals surface area contributed by atoms with Gasteiger partial charge in [0.25, 0.3) is 0 Å². The number of ether oxygens (including phenoxy) is 1. The van der Waals surface area contributed by atoms with Crippen molar-refractivity contribution in [2.24, 2.45) is 4.99 Å². The van der Waals surface area contributed by atoms with Crippen LogP contribution in [0.25, 0.3) is 10.6 Å². The zero-order valence-corrected chi connectivity index (χ0v) is 21.4. The Hall–Kier alpha value is -1.88. The van der Waals surface area contributed by atoms with E-state index in [0.29, 0.717) is 25.6 Å². The fourth-order valence-electron chi connectivity index (χ4n) is 2.43. The number of aryl methyl sites for hydroxylation is 1. The van der Waals surface area contributed by atoms with Gasteiger partial charge in [0.05, 0.1) is 12.2 Å². The van der Waals surface area contributed by atoms with Crippen molar-refractivity contribution >= 4 is 47.4 Å². The zero-order valence-electron chi connectivity index (χ0n) is 18.2. The highest BCUT2D eigenvalue weighted by atomic mass is 127. The van der Waals surface area contributed by atoms with E-state index in [2.05, 4.69) is 38.1 Å². The van der Waals surface area contributed by atoms with Gasteiger partial charge in [0.2, 0.25) is 0 Å². The van der Waals surface area contributed by atoms with Crippen molar-refractivity contribution < 1.29 is 9.53 Å². The molecule has 0 unspecified atom stereocenters. The Bertz CT molecular complexity index is 819. The SMILES string of the molecule is CCNC(=NCc1sc(-c2ccccc2)nc1C)NCCNC(=O)OC(C)(C)C.I. The lowest BCUT2D eigenvalue weighted by atomic mass is 10.2. The van der Waals surface area contributed by atoms with Gasteiger partial charge in [0, 0.05) is 30.1 Å². The lowest BCUT2D eigenvalue weighted by molar-refractivity contribution is 0.0529. The molecular weight excluding hydrogens is 513 g/mol. The molecule has 0 fully saturated rings. The molecule has 2 rings (SSSR count). The van der Waals surface area contributed by atoms with Crippen LogP contribution in [0.4, 0.5) is 4.79 Å². The van der Waals surface area contributed by atoms with E-state index in [9.17, 15) is 4.79 Å². The number of nitrogens with zero attached hydrogens (tertiary/aromatic N) is 2. The summed E-state index contributed by atoms with van der Waals surface area (Å²) in [5, 5.41) is 10.2. The Labute approximate surface area is 200 Å². The summed E-state index contributed by atoms with van der Waals surface area (Å²) in [5.41, 5.74) is 1.62. The van der Waals surface area contributed by atoms with Crippen molar-refractivity contribution in [2.75, 3.05) is 19.6 Å². The summed E-state index contributed by atoms with van der Waals surface area (Å²) in [7, 11) is 0. The normalized spacial score (nSPS) is 11.4. The zero-order chi connectivity index (χ0) is 21.3. The third-order valence-electron chi connectivity index (χ3n) is 3.72. The number of hydrogen-bond donors (Lipinski definition) is 3. The lowest BCUT2D eigenvalue weighted by Gasteiger charge is -2.19. The van der Waals surface area contributed by atoms with Gasteiger partial charge in [-0.15, -0.1) is 35.3 Å². The van der Waals surface area contributed by atoms with E-state index in [1.165, 1.54) is 0 Å². The summed E-state index contributed by atoms with van der Waals surface area (Å²) >= 11 is 1.66. The van der Waals surface area contributed by atoms with Gasteiger partial charge in [-0.1, -0.05) is 30.3 Å². The molecule has 0 bridgehead atoms. The first-order valence-electron chi connectivity index (χ1n) is 9.79. The summed E-state index contributed by atoms with van der Waals surface area (Å²) in [6.07, 6.45) is -0.421. The van der Waals surface area contributed by atoms with Crippen molar-refractivity contribution in [3.8, 4) is 10.6 Å². The van der Waals surface area contributed by atoms with Gasteiger partial charge in [-0.25, -0.2) is 14.8 Å². The van der Waals surface area contributed by atoms with E-state index >= 15 is 0 Å². The summed E-state index contributed by atoms with van der Waals surface area (Å²) in [6.45, 7) is 11.8. The quantitative estimate of drug-likeness (QED) is 0.209. The van der Waals surface area contributed by atoms with Crippen LogP contribution in [0.2, 0.25) is 0 Å². The maximum atomic E-state index is 11.7. The molecule has 9 heteroatoms. The minimum atomic E-state index is -0.501. The van der Waals surface area contributed by atoms with Gasteiger partial charge in [0.15, 0.2) is 5.96 Å². The van der Waals surface area contributed by atoms with Gasteiger partial charge in [0.1, 0.15) is 10.6 Å². The maximum absolute atomic E-state index is 11.7. The molecule has 1 amide bonds. The highest BCUT2D eigenvalue weighted by Crippen LogP contribution is 2.28. The highest BCUT2D eigenvalue weighted by molar-refractivity contribution is 14.0. The molecule has 2 aromatic rings. The van der Waals surface area contributed by atoms with Gasteiger partial charge in [-0.05, 0) is 34.6 Å². The van der Waals surface area contributed by atoms with Crippen LogP contribution in [0.5, 0.6) is 0 Å². The topological polar surface area (TPSA) is 87.6 Å². The van der Waals surface area contributed by atoms with E-state index in [-0.39, 0.29) is 24.0 Å². The predicted molar refractivity (Wildman–Crippen MR) is 135 cm³/mol. The van der Waals surface area contributed by atoms with Crippen LogP contribution >= 0.6 is 35.3 Å². The third-order valence-corrected chi connectivity index (χ3v) is 4.92. The number of nitrogens with one attached hydrogen (secondary N) is 3. The number of hydrogen-bond acceptors (Lipinski definition) is 5. The molecule has 1 heterocycles. The number of benzene rings is 1. The molecule has 0 atom stereocenters. The molecular formula is C21H32IN5O2S. The number of carbonyl (C=O) groups is 1. The Morgan fingerprint density at radius 2 is 1.80 bits per heavy atom. The van der Waals surface area contributed by atoms with Crippen molar-refractivity contribution in [2.45, 2.75) is 46.8 Å². The first-order chi connectivity index (χ1) is 13.8. The highest BCUT2D eigenvalue weighted by Gasteiger charge is 2.15. The number of rotatable bonds is 7. The van der Waals surface area contributed by atoms with E-state index in [1.54, 1.807) is 11.3 Å². The van der Waals surface area contributed by atoms with E-state index in [4.69, 9.17) is 4.74 Å². The Kier molecular flexibility index (Phi) is 11.1. The van der Waals surface area contributed by atoms with Gasteiger partial charge in [-0.2, -0.15) is 0 Å². The van der Waals surface area contributed by atoms with Crippen LogP contribution in [0.3, 0.4) is 0 Å². The second-order valence-electron chi connectivity index (χ2n) is 7.44. The number of carbonyl (C=O) groups excluding carboxylic acids is 1. The van der Waals surface area contributed by atoms with Crippen LogP contribution in [0.15, 0.2) is 35.3 Å². The number of aliphatic imine (C=N–C) groups is 1. The Balaban J connectivity index is 0.00000450. The van der Waals surface area contributed by atoms with Crippen molar-refractivity contribution in [3.63, 3.8) is 0 Å². The second kappa shape index (κ2) is 12.7. The number of aromatic nitrogens is 1. The van der Waals surface area contributed by atoms with Crippen LogP contribution in [-0.2, 0) is 11.3 Å². The van der Waals surface area contributed by atoms with Gasteiger partial charge in [-0.3, -0.25) is 0 Å². The first kappa shape index (κ1) is 26.2. The van der Waals surface area contributed by atoms with Crippen LogP contribution in [-0.4, -0.2) is 42.3 Å². The monoisotopic (exact) mass is 545 g/mol. The number of thiazole rings is 1. The molecule has 1 aromatic carbocycles. The number of alkyl carbamates (subject to hydrolysis) is 1. The van der Waals surface area contributed by atoms with E-state index in [0.717, 1.165) is 27.7 Å². The fourth-order valence-corrected chi connectivity index (χ4v) is 3.42. The van der Waals surface area contributed by atoms with E-state index in [1.807, 2.05) is 52.8 Å². The molecule has 0 spiro atoms. The molecule has 0 saturated heterocycles. The minimum Gasteiger partial charge on any atom is -0.444 e. The predicted octanol–water partition coefficient (Wildman–Crippen LogP) is 4.32. The van der Waals surface area contributed by atoms with Crippen molar-refractivity contribution in [3.05, 3.63) is 40.9 Å². The molecule has 30 heavy (non-hydrogen) atoms. The molecule has 0 aliphatic heterocycles. The molecule has 0 aliphatic carbocycles. The van der Waals surface area contributed by atoms with Crippen LogP contribution in [0.1, 0.15) is 38.3 Å². The summed E-state index contributed by atoms with van der Waals surface area (Å²) in [4.78, 5) is 22.1. The standard InChI is InChI=1S/C21H31N5O2S.HI/c1-6-22-19(23-12-13-24-20(27)28-21(3,4)5)25-14-17-15(2)26-18(29-17)16-10-8-7-9-11-16;/h7-11H,6,12-14H2,1-5H3,(H,24,27)(H2,22,23,25);1H. The summed E-state index contributed by atoms with van der Waals surface area (Å²) in [5.74, 6) is 0.701. The van der Waals surface area contributed by atoms with Crippen molar-refractivity contribution in [1.82, 2.24) is 20.9 Å². The van der Waals surface area contributed by atoms with E-state index < -0.39 is 11.7 Å². The largest absolute Gasteiger partial charge is 0.444 e. The summed E-state index contributed by atoms with van der Waals surface area (Å²) in [6, 6.07) is 10.2. The maximum Gasteiger partial charge on any atom is 0.407 e. The Morgan fingerprint density at radius 3 is 2.43 bits per heavy atom. The second-order valence-corrected chi connectivity index (χ2v) is 8.53. The molecule has 7 nitrogen and oxygen atoms in total.